The highest BCUT2D eigenvalue weighted by Gasteiger charge is 2.20. The number of halogens is 1. The number of hydrogen-bond donors (Lipinski definition) is 1. The molecule has 0 bridgehead atoms. The summed E-state index contributed by atoms with van der Waals surface area (Å²) in [6.07, 6.45) is 1.96. The van der Waals surface area contributed by atoms with E-state index in [0.717, 1.165) is 19.4 Å². The van der Waals surface area contributed by atoms with Gasteiger partial charge in [-0.25, -0.2) is 0 Å². The van der Waals surface area contributed by atoms with Crippen LogP contribution in [-0.4, -0.2) is 31.8 Å². The van der Waals surface area contributed by atoms with Crippen molar-refractivity contribution in [2.24, 2.45) is 0 Å². The van der Waals surface area contributed by atoms with Crippen molar-refractivity contribution in [1.29, 1.82) is 0 Å². The second-order valence-corrected chi connectivity index (χ2v) is 7.26. The number of fused-ring (bicyclic) bond motifs is 1. The maximum atomic E-state index is 13.0. The first-order chi connectivity index (χ1) is 14.1. The number of para-hydroxylation sites is 1. The Kier molecular flexibility index (Phi) is 5.83. The molecule has 0 spiro atoms. The molecule has 0 unspecified atom stereocenters. The summed E-state index contributed by atoms with van der Waals surface area (Å²) in [5.41, 5.74) is 0.744. The first-order valence-corrected chi connectivity index (χ1v) is 9.82. The van der Waals surface area contributed by atoms with E-state index < -0.39 is 0 Å². The SMILES string of the molecule is O=C(COc1c(-c2ccc(Cl)cc2)oc2ccccc2c1=O)NC[C@H]1CCCO1. The van der Waals surface area contributed by atoms with Crippen molar-refractivity contribution >= 4 is 28.5 Å². The predicted octanol–water partition coefficient (Wildman–Crippen LogP) is 3.79. The molecule has 150 valence electrons. The van der Waals surface area contributed by atoms with Gasteiger partial charge in [-0.2, -0.15) is 0 Å². The summed E-state index contributed by atoms with van der Waals surface area (Å²) in [5, 5.41) is 3.73. The van der Waals surface area contributed by atoms with Crippen LogP contribution in [0.2, 0.25) is 5.02 Å². The third-order valence-corrected chi connectivity index (χ3v) is 5.01. The predicted molar refractivity (Wildman–Crippen MR) is 110 cm³/mol. The highest BCUT2D eigenvalue weighted by atomic mass is 35.5. The highest BCUT2D eigenvalue weighted by Crippen LogP contribution is 2.31. The van der Waals surface area contributed by atoms with E-state index in [4.69, 9.17) is 25.5 Å². The first-order valence-electron chi connectivity index (χ1n) is 9.44. The zero-order valence-corrected chi connectivity index (χ0v) is 16.4. The molecule has 2 aromatic carbocycles. The lowest BCUT2D eigenvalue weighted by Gasteiger charge is -2.13. The Morgan fingerprint density at radius 3 is 2.72 bits per heavy atom. The Morgan fingerprint density at radius 1 is 1.17 bits per heavy atom. The molecule has 1 amide bonds. The van der Waals surface area contributed by atoms with E-state index in [-0.39, 0.29) is 35.6 Å². The fraction of sp³-hybridized carbons (Fsp3) is 0.273. The van der Waals surface area contributed by atoms with Gasteiger partial charge in [-0.3, -0.25) is 9.59 Å². The fourth-order valence-electron chi connectivity index (χ4n) is 3.27. The van der Waals surface area contributed by atoms with Gasteiger partial charge in [-0.05, 0) is 49.2 Å². The van der Waals surface area contributed by atoms with E-state index in [9.17, 15) is 9.59 Å². The first kappa shape index (κ1) is 19.5. The van der Waals surface area contributed by atoms with Crippen LogP contribution < -0.4 is 15.5 Å². The van der Waals surface area contributed by atoms with Crippen molar-refractivity contribution in [2.45, 2.75) is 18.9 Å². The smallest absolute Gasteiger partial charge is 0.258 e. The van der Waals surface area contributed by atoms with Crippen LogP contribution in [0.1, 0.15) is 12.8 Å². The zero-order chi connectivity index (χ0) is 20.2. The molecule has 2 heterocycles. The zero-order valence-electron chi connectivity index (χ0n) is 15.7. The van der Waals surface area contributed by atoms with Gasteiger partial charge in [0.05, 0.1) is 11.5 Å². The van der Waals surface area contributed by atoms with E-state index in [2.05, 4.69) is 5.32 Å². The number of carbonyl (C=O) groups is 1. The molecule has 1 fully saturated rings. The lowest BCUT2D eigenvalue weighted by molar-refractivity contribution is -0.123. The van der Waals surface area contributed by atoms with Crippen molar-refractivity contribution in [3.05, 3.63) is 63.8 Å². The second-order valence-electron chi connectivity index (χ2n) is 6.82. The number of rotatable bonds is 6. The van der Waals surface area contributed by atoms with Crippen molar-refractivity contribution in [3.8, 4) is 17.1 Å². The molecule has 1 saturated heterocycles. The minimum atomic E-state index is -0.330. The molecule has 1 atom stereocenters. The highest BCUT2D eigenvalue weighted by molar-refractivity contribution is 6.30. The van der Waals surface area contributed by atoms with Crippen LogP contribution in [0.5, 0.6) is 5.75 Å². The average Bonchev–Trinajstić information content (AvgIpc) is 3.26. The molecular weight excluding hydrogens is 394 g/mol. The minimum Gasteiger partial charge on any atom is -0.476 e. The van der Waals surface area contributed by atoms with Gasteiger partial charge in [-0.1, -0.05) is 23.7 Å². The number of benzene rings is 2. The second kappa shape index (κ2) is 8.68. The van der Waals surface area contributed by atoms with Crippen molar-refractivity contribution < 1.29 is 18.7 Å². The molecular formula is C22H20ClNO5. The van der Waals surface area contributed by atoms with Gasteiger partial charge in [0, 0.05) is 23.7 Å². The number of amides is 1. The third kappa shape index (κ3) is 4.44. The van der Waals surface area contributed by atoms with Crippen LogP contribution in [0.3, 0.4) is 0 Å². The van der Waals surface area contributed by atoms with Crippen LogP contribution in [0, 0.1) is 0 Å². The molecule has 7 heteroatoms. The summed E-state index contributed by atoms with van der Waals surface area (Å²) in [7, 11) is 0. The van der Waals surface area contributed by atoms with Gasteiger partial charge >= 0.3 is 0 Å². The monoisotopic (exact) mass is 413 g/mol. The van der Waals surface area contributed by atoms with Crippen molar-refractivity contribution in [1.82, 2.24) is 5.32 Å². The average molecular weight is 414 g/mol. The quantitative estimate of drug-likeness (QED) is 0.665. The standard InChI is InChI=1S/C22H20ClNO5/c23-15-9-7-14(8-10-15)21-22(20(26)17-5-1-2-6-18(17)29-21)28-13-19(25)24-12-16-4-3-11-27-16/h1-2,5-10,16H,3-4,11-13H2,(H,24,25)/t16-/m1/s1. The molecule has 0 aliphatic carbocycles. The number of carbonyl (C=O) groups excluding carboxylic acids is 1. The summed E-state index contributed by atoms with van der Waals surface area (Å²) >= 11 is 5.97. The summed E-state index contributed by atoms with van der Waals surface area (Å²) < 4.78 is 17.1. The van der Waals surface area contributed by atoms with Crippen LogP contribution in [-0.2, 0) is 9.53 Å². The van der Waals surface area contributed by atoms with Gasteiger partial charge < -0.3 is 19.2 Å². The van der Waals surface area contributed by atoms with Crippen LogP contribution >= 0.6 is 11.6 Å². The molecule has 3 aromatic rings. The molecule has 4 rings (SSSR count). The van der Waals surface area contributed by atoms with Crippen LogP contribution in [0.15, 0.2) is 57.7 Å². The summed E-state index contributed by atoms with van der Waals surface area (Å²) in [4.78, 5) is 25.2. The Hall–Kier alpha value is -2.83. The van der Waals surface area contributed by atoms with Gasteiger partial charge in [0.15, 0.2) is 12.4 Å². The summed E-state index contributed by atoms with van der Waals surface area (Å²) in [5.74, 6) is -0.0642. The Labute approximate surface area is 172 Å². The largest absolute Gasteiger partial charge is 0.476 e. The third-order valence-electron chi connectivity index (χ3n) is 4.76. The number of hydrogen-bond acceptors (Lipinski definition) is 5. The van der Waals surface area contributed by atoms with Crippen molar-refractivity contribution in [2.75, 3.05) is 19.8 Å². The van der Waals surface area contributed by atoms with Gasteiger partial charge in [0.25, 0.3) is 5.91 Å². The molecule has 6 nitrogen and oxygen atoms in total. The molecule has 29 heavy (non-hydrogen) atoms. The number of ether oxygens (including phenoxy) is 2. The Balaban J connectivity index is 1.60. The fourth-order valence-corrected chi connectivity index (χ4v) is 3.40. The lowest BCUT2D eigenvalue weighted by atomic mass is 10.1. The summed E-state index contributed by atoms with van der Waals surface area (Å²) in [6, 6.07) is 13.8. The van der Waals surface area contributed by atoms with E-state index in [1.54, 1.807) is 48.5 Å². The van der Waals surface area contributed by atoms with Crippen LogP contribution in [0.25, 0.3) is 22.3 Å². The normalized spacial score (nSPS) is 16.1. The maximum Gasteiger partial charge on any atom is 0.258 e. The van der Waals surface area contributed by atoms with E-state index in [1.807, 2.05) is 0 Å². The molecule has 0 radical (unpaired) electrons. The number of nitrogens with one attached hydrogen (secondary N) is 1. The molecule has 1 aromatic heterocycles. The molecule has 1 N–H and O–H groups in total. The van der Waals surface area contributed by atoms with E-state index >= 15 is 0 Å². The Morgan fingerprint density at radius 2 is 1.97 bits per heavy atom. The van der Waals surface area contributed by atoms with Crippen LogP contribution in [0.4, 0.5) is 0 Å². The lowest BCUT2D eigenvalue weighted by Crippen LogP contribution is -2.35. The molecule has 0 saturated carbocycles. The van der Waals surface area contributed by atoms with Gasteiger partial charge in [-0.15, -0.1) is 0 Å². The topological polar surface area (TPSA) is 77.8 Å². The van der Waals surface area contributed by atoms with Gasteiger partial charge in [0.2, 0.25) is 11.2 Å². The summed E-state index contributed by atoms with van der Waals surface area (Å²) in [6.45, 7) is 0.856. The van der Waals surface area contributed by atoms with Crippen molar-refractivity contribution in [3.63, 3.8) is 0 Å². The molecule has 1 aliphatic rings. The van der Waals surface area contributed by atoms with E-state index in [0.29, 0.717) is 28.1 Å². The van der Waals surface area contributed by atoms with Gasteiger partial charge in [0.1, 0.15) is 5.58 Å². The Bertz CT molecular complexity index is 1070. The maximum absolute atomic E-state index is 13.0. The van der Waals surface area contributed by atoms with E-state index in [1.165, 1.54) is 0 Å². The minimum absolute atomic E-state index is 0.00158. The molecule has 1 aliphatic heterocycles.